The lowest BCUT2D eigenvalue weighted by atomic mass is 10.2. The van der Waals surface area contributed by atoms with E-state index in [2.05, 4.69) is 4.98 Å². The number of aromatic nitrogens is 3. The number of hydrogen-bond acceptors (Lipinski definition) is 3. The highest BCUT2D eigenvalue weighted by atomic mass is 35.7. The van der Waals surface area contributed by atoms with Gasteiger partial charge in [-0.3, -0.25) is 0 Å². The first-order chi connectivity index (χ1) is 9.98. The third kappa shape index (κ3) is 2.56. The summed E-state index contributed by atoms with van der Waals surface area (Å²) in [5, 5.41) is 0.663. The van der Waals surface area contributed by atoms with Gasteiger partial charge in [-0.05, 0) is 13.0 Å². The van der Waals surface area contributed by atoms with Gasteiger partial charge in [-0.25, -0.2) is 13.4 Å². The zero-order valence-corrected chi connectivity index (χ0v) is 13.0. The Kier molecular flexibility index (Phi) is 3.51. The second-order valence-electron chi connectivity index (χ2n) is 4.82. The van der Waals surface area contributed by atoms with E-state index < -0.39 is 9.05 Å². The second kappa shape index (κ2) is 5.20. The smallest absolute Gasteiger partial charge is 0.263 e. The summed E-state index contributed by atoms with van der Waals surface area (Å²) in [6.45, 7) is 3.14. The first kappa shape index (κ1) is 14.2. The molecule has 3 aromatic rings. The van der Waals surface area contributed by atoms with Crippen molar-refractivity contribution >= 4 is 30.6 Å². The Morgan fingerprint density at radius 1 is 1.24 bits per heavy atom. The Bertz CT molecular complexity index is 882. The van der Waals surface area contributed by atoms with E-state index >= 15 is 0 Å². The minimum absolute atomic E-state index is 0.199. The van der Waals surface area contributed by atoms with Gasteiger partial charge in [0.15, 0.2) is 0 Å². The van der Waals surface area contributed by atoms with Gasteiger partial charge in [-0.1, -0.05) is 18.2 Å². The van der Waals surface area contributed by atoms with Crippen molar-refractivity contribution in [2.45, 2.75) is 24.9 Å². The van der Waals surface area contributed by atoms with Gasteiger partial charge >= 0.3 is 0 Å². The predicted octanol–water partition coefficient (Wildman–Crippen LogP) is 2.77. The number of aryl methyl sites for hydroxylation is 2. The van der Waals surface area contributed by atoms with E-state index in [9.17, 15) is 8.42 Å². The number of hydrogen-bond donors (Lipinski definition) is 0. The SMILES string of the molecule is Cc1c(S(=O)(=O)Cl)c2ccccc2n1CCn1ccnc1. The zero-order valence-electron chi connectivity index (χ0n) is 11.4. The fraction of sp³-hybridized carbons (Fsp3) is 0.214. The Morgan fingerprint density at radius 3 is 2.67 bits per heavy atom. The summed E-state index contributed by atoms with van der Waals surface area (Å²) >= 11 is 0. The predicted molar refractivity (Wildman–Crippen MR) is 81.9 cm³/mol. The molecule has 0 aliphatic carbocycles. The topological polar surface area (TPSA) is 56.9 Å². The lowest BCUT2D eigenvalue weighted by molar-refractivity contribution is 0.577. The van der Waals surface area contributed by atoms with Gasteiger partial charge < -0.3 is 9.13 Å². The highest BCUT2D eigenvalue weighted by Crippen LogP contribution is 2.31. The van der Waals surface area contributed by atoms with Crippen LogP contribution in [0.3, 0.4) is 0 Å². The maximum atomic E-state index is 11.9. The highest BCUT2D eigenvalue weighted by molar-refractivity contribution is 8.14. The normalized spacial score (nSPS) is 12.1. The molecule has 0 fully saturated rings. The van der Waals surface area contributed by atoms with E-state index in [1.54, 1.807) is 25.5 Å². The largest absolute Gasteiger partial charge is 0.342 e. The van der Waals surface area contributed by atoms with Crippen molar-refractivity contribution in [1.82, 2.24) is 14.1 Å². The first-order valence-electron chi connectivity index (χ1n) is 6.46. The van der Waals surface area contributed by atoms with E-state index in [4.69, 9.17) is 10.7 Å². The number of benzene rings is 1. The fourth-order valence-electron chi connectivity index (χ4n) is 2.63. The molecule has 110 valence electrons. The molecule has 0 N–H and O–H groups in total. The van der Waals surface area contributed by atoms with Crippen molar-refractivity contribution in [2.75, 3.05) is 0 Å². The Morgan fingerprint density at radius 2 is 2.00 bits per heavy atom. The molecule has 0 aliphatic rings. The van der Waals surface area contributed by atoms with E-state index in [0.717, 1.165) is 5.52 Å². The van der Waals surface area contributed by atoms with Crippen LogP contribution in [0.5, 0.6) is 0 Å². The minimum atomic E-state index is -3.78. The summed E-state index contributed by atoms with van der Waals surface area (Å²) in [5.41, 5.74) is 1.53. The maximum absolute atomic E-state index is 11.9. The van der Waals surface area contributed by atoms with Crippen molar-refractivity contribution in [3.05, 3.63) is 48.7 Å². The van der Waals surface area contributed by atoms with Gasteiger partial charge in [-0.2, -0.15) is 0 Å². The van der Waals surface area contributed by atoms with E-state index in [0.29, 0.717) is 24.2 Å². The van der Waals surface area contributed by atoms with Crippen molar-refractivity contribution in [2.24, 2.45) is 0 Å². The molecule has 3 rings (SSSR count). The van der Waals surface area contributed by atoms with Crippen LogP contribution in [0.2, 0.25) is 0 Å². The highest BCUT2D eigenvalue weighted by Gasteiger charge is 2.22. The van der Waals surface area contributed by atoms with Gasteiger partial charge in [0.2, 0.25) is 0 Å². The number of nitrogens with zero attached hydrogens (tertiary/aromatic N) is 3. The molecule has 2 aromatic heterocycles. The third-order valence-corrected chi connectivity index (χ3v) is 5.02. The van der Waals surface area contributed by atoms with Crippen molar-refractivity contribution in [3.63, 3.8) is 0 Å². The lowest BCUT2D eigenvalue weighted by Gasteiger charge is -2.09. The molecule has 0 atom stereocenters. The molecular weight excluding hydrogens is 310 g/mol. The van der Waals surface area contributed by atoms with Crippen LogP contribution in [0, 0.1) is 6.92 Å². The lowest BCUT2D eigenvalue weighted by Crippen LogP contribution is -2.08. The molecule has 5 nitrogen and oxygen atoms in total. The summed E-state index contributed by atoms with van der Waals surface area (Å²) in [4.78, 5) is 4.20. The summed E-state index contributed by atoms with van der Waals surface area (Å²) in [6, 6.07) is 7.39. The number of rotatable bonds is 4. The average Bonchev–Trinajstić information content (AvgIpc) is 3.00. The maximum Gasteiger partial charge on any atom is 0.263 e. The van der Waals surface area contributed by atoms with Crippen LogP contribution >= 0.6 is 10.7 Å². The number of para-hydroxylation sites is 1. The summed E-state index contributed by atoms with van der Waals surface area (Å²) in [6.07, 6.45) is 5.33. The molecule has 1 aromatic carbocycles. The molecule has 0 spiro atoms. The Labute approximate surface area is 127 Å². The molecule has 0 bridgehead atoms. The summed E-state index contributed by atoms with van der Waals surface area (Å²) < 4.78 is 27.6. The van der Waals surface area contributed by atoms with Gasteiger partial charge in [0.25, 0.3) is 9.05 Å². The molecular formula is C14H14ClN3O2S. The molecule has 0 aliphatic heterocycles. The summed E-state index contributed by atoms with van der Waals surface area (Å²) in [5.74, 6) is 0. The Hall–Kier alpha value is -1.79. The van der Waals surface area contributed by atoms with Crippen LogP contribution in [-0.2, 0) is 22.1 Å². The van der Waals surface area contributed by atoms with E-state index in [1.165, 1.54) is 0 Å². The van der Waals surface area contributed by atoms with Crippen LogP contribution in [0.4, 0.5) is 0 Å². The molecule has 21 heavy (non-hydrogen) atoms. The third-order valence-electron chi connectivity index (χ3n) is 3.56. The number of imidazole rings is 1. The zero-order chi connectivity index (χ0) is 15.0. The van der Waals surface area contributed by atoms with Crippen LogP contribution in [-0.4, -0.2) is 22.5 Å². The van der Waals surface area contributed by atoms with Crippen LogP contribution in [0.25, 0.3) is 10.9 Å². The van der Waals surface area contributed by atoms with Crippen LogP contribution < -0.4 is 0 Å². The number of fused-ring (bicyclic) bond motifs is 1. The molecule has 0 saturated heterocycles. The van der Waals surface area contributed by atoms with E-state index in [1.807, 2.05) is 33.5 Å². The second-order valence-corrected chi connectivity index (χ2v) is 7.32. The van der Waals surface area contributed by atoms with Gasteiger partial charge in [0.05, 0.1) is 6.33 Å². The van der Waals surface area contributed by atoms with Crippen LogP contribution in [0.1, 0.15) is 5.69 Å². The first-order valence-corrected chi connectivity index (χ1v) is 8.77. The van der Waals surface area contributed by atoms with Crippen LogP contribution in [0.15, 0.2) is 47.9 Å². The molecule has 2 heterocycles. The fourth-order valence-corrected chi connectivity index (χ4v) is 4.11. The number of halogens is 1. The molecule has 0 amide bonds. The van der Waals surface area contributed by atoms with Gasteiger partial charge in [-0.15, -0.1) is 0 Å². The summed E-state index contributed by atoms with van der Waals surface area (Å²) in [7, 11) is 1.82. The monoisotopic (exact) mass is 323 g/mol. The van der Waals surface area contributed by atoms with Crippen molar-refractivity contribution in [1.29, 1.82) is 0 Å². The van der Waals surface area contributed by atoms with E-state index in [-0.39, 0.29) is 4.90 Å². The quantitative estimate of drug-likeness (QED) is 0.694. The standard InChI is InChI=1S/C14H14ClN3O2S/c1-11-14(21(15,19)20)12-4-2-3-5-13(12)18(11)9-8-17-7-6-16-10-17/h2-7,10H,8-9H2,1H3. The van der Waals surface area contributed by atoms with Gasteiger partial charge in [0, 0.05) is 52.8 Å². The average molecular weight is 324 g/mol. The minimum Gasteiger partial charge on any atom is -0.342 e. The molecule has 0 unspecified atom stereocenters. The van der Waals surface area contributed by atoms with Gasteiger partial charge in [0.1, 0.15) is 4.90 Å². The Balaban J connectivity index is 2.12. The molecule has 0 radical (unpaired) electrons. The molecule has 7 heteroatoms. The molecule has 0 saturated carbocycles. The van der Waals surface area contributed by atoms with Crippen molar-refractivity contribution < 1.29 is 8.42 Å². The van der Waals surface area contributed by atoms with Crippen molar-refractivity contribution in [3.8, 4) is 0 Å².